The Kier molecular flexibility index (Phi) is 5.52. The zero-order valence-electron chi connectivity index (χ0n) is 15.8. The minimum atomic E-state index is -0.963. The lowest BCUT2D eigenvalue weighted by molar-refractivity contribution is 0.0697. The zero-order valence-corrected chi connectivity index (χ0v) is 15.8. The van der Waals surface area contributed by atoms with Gasteiger partial charge in [0, 0.05) is 17.6 Å². The highest BCUT2D eigenvalue weighted by Crippen LogP contribution is 2.24. The van der Waals surface area contributed by atoms with Crippen LogP contribution in [0, 0.1) is 0 Å². The molecule has 0 atom stereocenters. The minimum absolute atomic E-state index is 0.227. The molecule has 4 aromatic rings. The lowest BCUT2D eigenvalue weighted by Crippen LogP contribution is -2.01. The van der Waals surface area contributed by atoms with Crippen LogP contribution in [0.15, 0.2) is 91.1 Å². The maximum Gasteiger partial charge on any atom is 0.335 e. The number of aromatic carboxylic acids is 1. The monoisotopic (exact) mass is 398 g/mol. The van der Waals surface area contributed by atoms with E-state index in [1.54, 1.807) is 24.4 Å². The molecule has 0 radical (unpaired) electrons. The Morgan fingerprint density at radius 3 is 2.10 bits per heavy atom. The molecule has 7 heteroatoms. The molecule has 0 bridgehead atoms. The second kappa shape index (κ2) is 8.74. The molecule has 7 nitrogen and oxygen atoms in total. The Hall–Kier alpha value is -4.39. The molecule has 0 fully saturated rings. The molecular formula is C23H18N4O3. The average molecular weight is 398 g/mol. The van der Waals surface area contributed by atoms with Crippen molar-refractivity contribution in [1.82, 2.24) is 9.97 Å². The second-order valence-corrected chi connectivity index (χ2v) is 6.34. The Bertz CT molecular complexity index is 1130. The fourth-order valence-corrected chi connectivity index (χ4v) is 2.69. The van der Waals surface area contributed by atoms with Gasteiger partial charge >= 0.3 is 5.97 Å². The summed E-state index contributed by atoms with van der Waals surface area (Å²) >= 11 is 0. The first-order chi connectivity index (χ1) is 14.7. The lowest BCUT2D eigenvalue weighted by atomic mass is 10.2. The third kappa shape index (κ3) is 4.90. The van der Waals surface area contributed by atoms with Crippen molar-refractivity contribution >= 4 is 29.1 Å². The fraction of sp³-hybridized carbons (Fsp3) is 0. The maximum atomic E-state index is 10.9. The molecule has 1 heterocycles. The van der Waals surface area contributed by atoms with Gasteiger partial charge in [0.2, 0.25) is 5.95 Å². The van der Waals surface area contributed by atoms with Gasteiger partial charge in [-0.1, -0.05) is 18.2 Å². The number of benzene rings is 3. The number of rotatable bonds is 7. The van der Waals surface area contributed by atoms with Gasteiger partial charge < -0.3 is 20.5 Å². The van der Waals surface area contributed by atoms with E-state index in [2.05, 4.69) is 20.6 Å². The number of carboxylic acid groups (broad SMARTS) is 1. The van der Waals surface area contributed by atoms with Crippen LogP contribution < -0.4 is 15.4 Å². The molecule has 0 spiro atoms. The van der Waals surface area contributed by atoms with E-state index in [0.29, 0.717) is 11.8 Å². The van der Waals surface area contributed by atoms with Gasteiger partial charge in [0.15, 0.2) is 0 Å². The van der Waals surface area contributed by atoms with Gasteiger partial charge in [-0.25, -0.2) is 9.78 Å². The highest BCUT2D eigenvalue weighted by molar-refractivity contribution is 5.88. The summed E-state index contributed by atoms with van der Waals surface area (Å²) < 4.78 is 5.79. The largest absolute Gasteiger partial charge is 0.478 e. The van der Waals surface area contributed by atoms with E-state index < -0.39 is 5.97 Å². The minimum Gasteiger partial charge on any atom is -0.478 e. The van der Waals surface area contributed by atoms with Crippen LogP contribution in [0.4, 0.5) is 23.1 Å². The summed E-state index contributed by atoms with van der Waals surface area (Å²) in [6, 6.07) is 25.2. The Morgan fingerprint density at radius 1 is 0.767 bits per heavy atom. The Morgan fingerprint density at radius 2 is 1.40 bits per heavy atom. The Balaban J connectivity index is 1.40. The normalized spacial score (nSPS) is 10.3. The lowest BCUT2D eigenvalue weighted by Gasteiger charge is -2.10. The molecule has 0 unspecified atom stereocenters. The number of hydrogen-bond donors (Lipinski definition) is 3. The smallest absolute Gasteiger partial charge is 0.335 e. The highest BCUT2D eigenvalue weighted by atomic mass is 16.5. The van der Waals surface area contributed by atoms with E-state index in [1.807, 2.05) is 54.6 Å². The van der Waals surface area contributed by atoms with Crippen molar-refractivity contribution in [2.24, 2.45) is 0 Å². The standard InChI is InChI=1S/C23H18N4O3/c28-22(29)16-6-8-17(9-7-16)25-21-14-15-24-23(27-21)26-18-10-12-20(13-11-18)30-19-4-2-1-3-5-19/h1-15H,(H,28,29)(H2,24,25,26,27). The first-order valence-electron chi connectivity index (χ1n) is 9.19. The number of carboxylic acids is 1. The maximum absolute atomic E-state index is 10.9. The number of nitrogens with zero attached hydrogens (tertiary/aromatic N) is 2. The first-order valence-corrected chi connectivity index (χ1v) is 9.19. The van der Waals surface area contributed by atoms with Crippen molar-refractivity contribution in [1.29, 1.82) is 0 Å². The topological polar surface area (TPSA) is 96.4 Å². The van der Waals surface area contributed by atoms with Crippen molar-refractivity contribution in [2.45, 2.75) is 0 Å². The van der Waals surface area contributed by atoms with E-state index in [-0.39, 0.29) is 5.56 Å². The van der Waals surface area contributed by atoms with Crippen LogP contribution in [0.2, 0.25) is 0 Å². The molecule has 0 saturated heterocycles. The van der Waals surface area contributed by atoms with Crippen molar-refractivity contribution in [2.75, 3.05) is 10.6 Å². The number of carbonyl (C=O) groups is 1. The summed E-state index contributed by atoms with van der Waals surface area (Å²) in [5.41, 5.74) is 1.77. The molecular weight excluding hydrogens is 380 g/mol. The van der Waals surface area contributed by atoms with Crippen LogP contribution in [0.1, 0.15) is 10.4 Å². The summed E-state index contributed by atoms with van der Waals surface area (Å²) in [6.45, 7) is 0. The van der Waals surface area contributed by atoms with Gasteiger partial charge in [-0.3, -0.25) is 0 Å². The van der Waals surface area contributed by atoms with E-state index >= 15 is 0 Å². The van der Waals surface area contributed by atoms with Gasteiger partial charge in [-0.15, -0.1) is 0 Å². The number of ether oxygens (including phenoxy) is 1. The quantitative estimate of drug-likeness (QED) is 0.381. The number of para-hydroxylation sites is 1. The number of nitrogens with one attached hydrogen (secondary N) is 2. The van der Waals surface area contributed by atoms with Gasteiger partial charge in [0.1, 0.15) is 17.3 Å². The number of hydrogen-bond acceptors (Lipinski definition) is 6. The predicted molar refractivity (Wildman–Crippen MR) is 115 cm³/mol. The molecule has 0 aliphatic carbocycles. The fourth-order valence-electron chi connectivity index (χ4n) is 2.69. The van der Waals surface area contributed by atoms with Crippen molar-refractivity contribution in [3.8, 4) is 11.5 Å². The molecule has 30 heavy (non-hydrogen) atoms. The van der Waals surface area contributed by atoms with Crippen LogP contribution >= 0.6 is 0 Å². The summed E-state index contributed by atoms with van der Waals surface area (Å²) in [6.07, 6.45) is 1.64. The van der Waals surface area contributed by atoms with Crippen LogP contribution in [0.25, 0.3) is 0 Å². The van der Waals surface area contributed by atoms with Crippen LogP contribution in [0.3, 0.4) is 0 Å². The molecule has 148 valence electrons. The van der Waals surface area contributed by atoms with Crippen LogP contribution in [-0.4, -0.2) is 21.0 Å². The molecule has 0 amide bonds. The van der Waals surface area contributed by atoms with Gasteiger partial charge in [0.05, 0.1) is 5.56 Å². The van der Waals surface area contributed by atoms with Crippen molar-refractivity contribution in [3.63, 3.8) is 0 Å². The van der Waals surface area contributed by atoms with Crippen LogP contribution in [-0.2, 0) is 0 Å². The predicted octanol–water partition coefficient (Wildman–Crippen LogP) is 5.45. The third-order valence-corrected chi connectivity index (χ3v) is 4.15. The number of anilines is 4. The second-order valence-electron chi connectivity index (χ2n) is 6.34. The molecule has 0 aliphatic rings. The molecule has 0 aliphatic heterocycles. The molecule has 4 rings (SSSR count). The van der Waals surface area contributed by atoms with E-state index in [0.717, 1.165) is 22.9 Å². The van der Waals surface area contributed by atoms with Crippen LogP contribution in [0.5, 0.6) is 11.5 Å². The summed E-state index contributed by atoms with van der Waals surface area (Å²) in [4.78, 5) is 19.6. The van der Waals surface area contributed by atoms with Gasteiger partial charge in [-0.2, -0.15) is 4.98 Å². The summed E-state index contributed by atoms with van der Waals surface area (Å²) in [7, 11) is 0. The summed E-state index contributed by atoms with van der Waals surface area (Å²) in [5, 5.41) is 15.3. The first kappa shape index (κ1) is 18.9. The molecule has 0 saturated carbocycles. The zero-order chi connectivity index (χ0) is 20.8. The average Bonchev–Trinajstić information content (AvgIpc) is 2.77. The van der Waals surface area contributed by atoms with E-state index in [4.69, 9.17) is 9.84 Å². The number of aromatic nitrogens is 2. The van der Waals surface area contributed by atoms with E-state index in [1.165, 1.54) is 12.1 Å². The SMILES string of the molecule is O=C(O)c1ccc(Nc2ccnc(Nc3ccc(Oc4ccccc4)cc3)n2)cc1. The van der Waals surface area contributed by atoms with Gasteiger partial charge in [-0.05, 0) is 66.7 Å². The molecule has 3 N–H and O–H groups in total. The van der Waals surface area contributed by atoms with Crippen molar-refractivity contribution < 1.29 is 14.6 Å². The Labute approximate surface area is 173 Å². The molecule has 3 aromatic carbocycles. The highest BCUT2D eigenvalue weighted by Gasteiger charge is 2.04. The van der Waals surface area contributed by atoms with Crippen molar-refractivity contribution in [3.05, 3.63) is 96.7 Å². The van der Waals surface area contributed by atoms with Gasteiger partial charge in [0.25, 0.3) is 0 Å². The summed E-state index contributed by atoms with van der Waals surface area (Å²) in [5.74, 6) is 1.55. The third-order valence-electron chi connectivity index (χ3n) is 4.15. The van der Waals surface area contributed by atoms with E-state index in [9.17, 15) is 4.79 Å². The molecule has 1 aromatic heterocycles.